The van der Waals surface area contributed by atoms with Gasteiger partial charge in [-0.05, 0) is 40.7 Å². The van der Waals surface area contributed by atoms with Crippen molar-refractivity contribution in [3.05, 3.63) is 11.6 Å². The van der Waals surface area contributed by atoms with Crippen molar-refractivity contribution in [1.82, 2.24) is 5.32 Å². The van der Waals surface area contributed by atoms with Gasteiger partial charge in [-0.3, -0.25) is 4.79 Å². The average molecular weight is 169 g/mol. The summed E-state index contributed by atoms with van der Waals surface area (Å²) in [4.78, 5) is 11.2. The molecule has 0 aliphatic rings. The third-order valence-electron chi connectivity index (χ3n) is 1.24. The van der Waals surface area contributed by atoms with Crippen molar-refractivity contribution in [1.29, 1.82) is 0 Å². The van der Waals surface area contributed by atoms with Crippen LogP contribution in [0.1, 0.15) is 34.6 Å². The highest BCUT2D eigenvalue weighted by molar-refractivity contribution is 5.91. The standard InChI is InChI=1S/C10H19NO/c1-8(2)6-9(12)7-11-10(3,4)5/h6,11H,7H2,1-5H3. The van der Waals surface area contributed by atoms with E-state index in [2.05, 4.69) is 5.32 Å². The number of hydrogen-bond acceptors (Lipinski definition) is 2. The molecule has 0 aromatic heterocycles. The smallest absolute Gasteiger partial charge is 0.169 e. The number of carbonyl (C=O) groups excluding carboxylic acids is 1. The lowest BCUT2D eigenvalue weighted by Crippen LogP contribution is -2.38. The van der Waals surface area contributed by atoms with Crippen LogP contribution in [-0.2, 0) is 4.79 Å². The normalized spacial score (nSPS) is 11.1. The molecule has 0 atom stereocenters. The summed E-state index contributed by atoms with van der Waals surface area (Å²) in [6.45, 7) is 10.4. The Kier molecular flexibility index (Phi) is 4.18. The zero-order chi connectivity index (χ0) is 9.78. The topological polar surface area (TPSA) is 29.1 Å². The molecule has 1 N–H and O–H groups in total. The predicted molar refractivity (Wildman–Crippen MR) is 52.2 cm³/mol. The van der Waals surface area contributed by atoms with E-state index < -0.39 is 0 Å². The highest BCUT2D eigenvalue weighted by Crippen LogP contribution is 1.97. The molecule has 0 aromatic rings. The summed E-state index contributed by atoms with van der Waals surface area (Å²) in [5.74, 6) is 0.143. The number of allylic oxidation sites excluding steroid dienone is 1. The summed E-state index contributed by atoms with van der Waals surface area (Å²) in [6.07, 6.45) is 1.67. The van der Waals surface area contributed by atoms with Gasteiger partial charge in [-0.1, -0.05) is 5.57 Å². The predicted octanol–water partition coefficient (Wildman–Crippen LogP) is 1.91. The second kappa shape index (κ2) is 4.41. The van der Waals surface area contributed by atoms with Crippen molar-refractivity contribution in [2.24, 2.45) is 0 Å². The average Bonchev–Trinajstić information content (AvgIpc) is 1.80. The first-order chi connectivity index (χ1) is 5.31. The first kappa shape index (κ1) is 11.4. The molecular formula is C10H19NO. The van der Waals surface area contributed by atoms with Crippen LogP contribution in [0, 0.1) is 0 Å². The Morgan fingerprint density at radius 3 is 2.17 bits per heavy atom. The molecule has 0 saturated heterocycles. The molecule has 70 valence electrons. The molecule has 0 aliphatic carbocycles. The Morgan fingerprint density at radius 1 is 1.33 bits per heavy atom. The first-order valence-electron chi connectivity index (χ1n) is 4.24. The number of rotatable bonds is 3. The minimum Gasteiger partial charge on any atom is -0.305 e. The number of carbonyl (C=O) groups is 1. The van der Waals surface area contributed by atoms with E-state index in [0.717, 1.165) is 5.57 Å². The van der Waals surface area contributed by atoms with Gasteiger partial charge >= 0.3 is 0 Å². The molecule has 0 radical (unpaired) electrons. The third kappa shape index (κ3) is 7.48. The van der Waals surface area contributed by atoms with Crippen LogP contribution in [0.3, 0.4) is 0 Å². The molecule has 0 unspecified atom stereocenters. The third-order valence-corrected chi connectivity index (χ3v) is 1.24. The van der Waals surface area contributed by atoms with Crippen molar-refractivity contribution < 1.29 is 4.79 Å². The van der Waals surface area contributed by atoms with Gasteiger partial charge in [0, 0.05) is 5.54 Å². The van der Waals surface area contributed by atoms with Gasteiger partial charge in [0.2, 0.25) is 0 Å². The summed E-state index contributed by atoms with van der Waals surface area (Å²) < 4.78 is 0. The van der Waals surface area contributed by atoms with Gasteiger partial charge in [0.25, 0.3) is 0 Å². The Bertz CT molecular complexity index is 183. The molecule has 0 aromatic carbocycles. The van der Waals surface area contributed by atoms with Crippen molar-refractivity contribution in [3.63, 3.8) is 0 Å². The number of ketones is 1. The molecule has 0 aliphatic heterocycles. The Balaban J connectivity index is 3.81. The van der Waals surface area contributed by atoms with E-state index in [-0.39, 0.29) is 11.3 Å². The maximum atomic E-state index is 11.2. The minimum absolute atomic E-state index is 0.0190. The lowest BCUT2D eigenvalue weighted by molar-refractivity contribution is -0.114. The Morgan fingerprint density at radius 2 is 1.83 bits per heavy atom. The van der Waals surface area contributed by atoms with Gasteiger partial charge in [-0.25, -0.2) is 0 Å². The van der Waals surface area contributed by atoms with Crippen LogP contribution in [0.2, 0.25) is 0 Å². The second-order valence-corrected chi connectivity index (χ2v) is 4.29. The van der Waals surface area contributed by atoms with Gasteiger partial charge < -0.3 is 5.32 Å². The first-order valence-corrected chi connectivity index (χ1v) is 4.24. The molecule has 0 amide bonds. The largest absolute Gasteiger partial charge is 0.305 e. The van der Waals surface area contributed by atoms with Gasteiger partial charge in [-0.2, -0.15) is 0 Å². The SMILES string of the molecule is CC(C)=CC(=O)CNC(C)(C)C. The van der Waals surface area contributed by atoms with Gasteiger partial charge in [0.1, 0.15) is 0 Å². The molecule has 0 rings (SSSR count). The monoisotopic (exact) mass is 169 g/mol. The zero-order valence-electron chi connectivity index (χ0n) is 8.69. The van der Waals surface area contributed by atoms with Gasteiger partial charge in [0.05, 0.1) is 6.54 Å². The highest BCUT2D eigenvalue weighted by atomic mass is 16.1. The van der Waals surface area contributed by atoms with E-state index in [4.69, 9.17) is 0 Å². The fraction of sp³-hybridized carbons (Fsp3) is 0.700. The Hall–Kier alpha value is -0.630. The molecule has 2 heteroatoms. The fourth-order valence-electron chi connectivity index (χ4n) is 0.725. The van der Waals surface area contributed by atoms with Crippen LogP contribution in [-0.4, -0.2) is 17.9 Å². The van der Waals surface area contributed by atoms with E-state index in [1.165, 1.54) is 0 Å². The molecule has 12 heavy (non-hydrogen) atoms. The molecule has 0 fully saturated rings. The second-order valence-electron chi connectivity index (χ2n) is 4.29. The quantitative estimate of drug-likeness (QED) is 0.654. The van der Waals surface area contributed by atoms with Crippen molar-refractivity contribution >= 4 is 5.78 Å². The van der Waals surface area contributed by atoms with Gasteiger partial charge in [0.15, 0.2) is 5.78 Å². The van der Waals surface area contributed by atoms with Crippen molar-refractivity contribution in [2.75, 3.05) is 6.54 Å². The fourth-order valence-corrected chi connectivity index (χ4v) is 0.725. The van der Waals surface area contributed by atoms with Crippen LogP contribution >= 0.6 is 0 Å². The summed E-state index contributed by atoms with van der Waals surface area (Å²) in [7, 11) is 0. The summed E-state index contributed by atoms with van der Waals surface area (Å²) >= 11 is 0. The van der Waals surface area contributed by atoms with E-state index in [0.29, 0.717) is 6.54 Å². The van der Waals surface area contributed by atoms with Crippen LogP contribution < -0.4 is 5.32 Å². The van der Waals surface area contributed by atoms with Crippen LogP contribution in [0.15, 0.2) is 11.6 Å². The van der Waals surface area contributed by atoms with Crippen LogP contribution in [0.5, 0.6) is 0 Å². The maximum absolute atomic E-state index is 11.2. The van der Waals surface area contributed by atoms with Gasteiger partial charge in [-0.15, -0.1) is 0 Å². The Labute approximate surface area is 75.0 Å². The lowest BCUT2D eigenvalue weighted by Gasteiger charge is -2.19. The van der Waals surface area contributed by atoms with E-state index in [1.54, 1.807) is 6.08 Å². The zero-order valence-corrected chi connectivity index (χ0v) is 8.69. The maximum Gasteiger partial charge on any atom is 0.169 e. The molecule has 0 spiro atoms. The van der Waals surface area contributed by atoms with Crippen molar-refractivity contribution in [3.8, 4) is 0 Å². The molecular weight excluding hydrogens is 150 g/mol. The van der Waals surface area contributed by atoms with E-state index in [9.17, 15) is 4.79 Å². The molecule has 0 bridgehead atoms. The minimum atomic E-state index is 0.0190. The molecule has 0 heterocycles. The summed E-state index contributed by atoms with van der Waals surface area (Å²) in [6, 6.07) is 0. The lowest BCUT2D eigenvalue weighted by atomic mass is 10.1. The van der Waals surface area contributed by atoms with Crippen LogP contribution in [0.4, 0.5) is 0 Å². The van der Waals surface area contributed by atoms with Crippen LogP contribution in [0.25, 0.3) is 0 Å². The highest BCUT2D eigenvalue weighted by Gasteiger charge is 2.09. The number of hydrogen-bond donors (Lipinski definition) is 1. The summed E-state index contributed by atoms with van der Waals surface area (Å²) in [5, 5.41) is 3.13. The summed E-state index contributed by atoms with van der Waals surface area (Å²) in [5.41, 5.74) is 1.07. The van der Waals surface area contributed by atoms with Crippen molar-refractivity contribution in [2.45, 2.75) is 40.2 Å². The number of nitrogens with one attached hydrogen (secondary N) is 1. The molecule has 0 saturated carbocycles. The molecule has 2 nitrogen and oxygen atoms in total. The van der Waals surface area contributed by atoms with E-state index in [1.807, 2.05) is 34.6 Å². The van der Waals surface area contributed by atoms with E-state index >= 15 is 0 Å².